The lowest BCUT2D eigenvalue weighted by atomic mass is 9.97. The summed E-state index contributed by atoms with van der Waals surface area (Å²) < 4.78 is 18.6. The van der Waals surface area contributed by atoms with E-state index in [1.165, 1.54) is 6.42 Å². The Morgan fingerprint density at radius 2 is 1.42 bits per heavy atom. The molecule has 0 radical (unpaired) electrons. The van der Waals surface area contributed by atoms with E-state index in [-0.39, 0.29) is 6.10 Å². The SMILES string of the molecule is CC(C)N1CC(CCC(C)N2CC(CC(C)N3CCO[C@H](C)[C@H]3C)O[C@@H](C)[C@H]2C)OCC1C. The molecule has 3 aliphatic rings. The molecule has 0 amide bonds. The third-order valence-corrected chi connectivity index (χ3v) is 8.82. The Balaban J connectivity index is 1.52. The van der Waals surface area contributed by atoms with Crippen molar-refractivity contribution in [3.63, 3.8) is 0 Å². The van der Waals surface area contributed by atoms with Crippen molar-refractivity contribution < 1.29 is 14.2 Å². The fraction of sp³-hybridized carbons (Fsp3) is 1.00. The highest BCUT2D eigenvalue weighted by atomic mass is 16.5. The van der Waals surface area contributed by atoms with Gasteiger partial charge in [0.2, 0.25) is 0 Å². The minimum Gasteiger partial charge on any atom is -0.376 e. The van der Waals surface area contributed by atoms with E-state index in [9.17, 15) is 0 Å². The zero-order valence-electron chi connectivity index (χ0n) is 23.0. The maximum Gasteiger partial charge on any atom is 0.0721 e. The van der Waals surface area contributed by atoms with Crippen LogP contribution in [0.15, 0.2) is 0 Å². The van der Waals surface area contributed by atoms with Crippen LogP contribution in [0.1, 0.15) is 81.6 Å². The molecule has 0 aromatic rings. The molecule has 6 nitrogen and oxygen atoms in total. The van der Waals surface area contributed by atoms with Crippen LogP contribution in [0, 0.1) is 0 Å². The molecule has 0 aromatic carbocycles. The van der Waals surface area contributed by atoms with Crippen LogP contribution in [0.4, 0.5) is 0 Å². The zero-order valence-corrected chi connectivity index (χ0v) is 23.0. The standard InChI is InChI=1S/C27H53N3O3/c1-18(2)29-15-26(32-17-21(29)5)11-10-19(3)30-16-27(33-25(9)23(30)7)14-20(4)28-12-13-31-24(8)22(28)6/h18-27H,10-17H2,1-9H3/t19?,20?,21?,22-,23-,24-,25+,26?,27?/m1/s1. The van der Waals surface area contributed by atoms with Gasteiger partial charge in [0.25, 0.3) is 0 Å². The summed E-state index contributed by atoms with van der Waals surface area (Å²) in [5.74, 6) is 0. The monoisotopic (exact) mass is 467 g/mol. The van der Waals surface area contributed by atoms with Crippen LogP contribution in [0.5, 0.6) is 0 Å². The van der Waals surface area contributed by atoms with Gasteiger partial charge in [0.1, 0.15) is 0 Å². The third kappa shape index (κ3) is 6.92. The smallest absolute Gasteiger partial charge is 0.0721 e. The molecular formula is C27H53N3O3. The average Bonchev–Trinajstić information content (AvgIpc) is 2.76. The number of rotatable bonds is 8. The number of nitrogens with zero attached hydrogens (tertiary/aromatic N) is 3. The first-order valence-corrected chi connectivity index (χ1v) is 13.7. The molecule has 3 aliphatic heterocycles. The minimum atomic E-state index is 0.266. The van der Waals surface area contributed by atoms with Crippen LogP contribution >= 0.6 is 0 Å². The molecule has 5 unspecified atom stereocenters. The maximum atomic E-state index is 6.52. The van der Waals surface area contributed by atoms with Crippen LogP contribution in [0.2, 0.25) is 0 Å². The molecule has 0 bridgehead atoms. The first-order valence-electron chi connectivity index (χ1n) is 13.7. The Kier molecular flexibility index (Phi) is 10.1. The largest absolute Gasteiger partial charge is 0.376 e. The Hall–Kier alpha value is -0.240. The van der Waals surface area contributed by atoms with Crippen molar-refractivity contribution in [3.8, 4) is 0 Å². The van der Waals surface area contributed by atoms with Gasteiger partial charge in [-0.3, -0.25) is 14.7 Å². The quantitative estimate of drug-likeness (QED) is 0.537. The number of hydrogen-bond acceptors (Lipinski definition) is 6. The number of ether oxygens (including phenoxy) is 3. The first kappa shape index (κ1) is 27.3. The van der Waals surface area contributed by atoms with Crippen molar-refractivity contribution in [2.45, 2.75) is 142 Å². The topological polar surface area (TPSA) is 37.4 Å². The molecule has 9 atom stereocenters. The third-order valence-electron chi connectivity index (χ3n) is 8.82. The van der Waals surface area contributed by atoms with Gasteiger partial charge < -0.3 is 14.2 Å². The van der Waals surface area contributed by atoms with Crippen molar-refractivity contribution in [1.29, 1.82) is 0 Å². The Labute approximate surface area is 204 Å². The average molecular weight is 468 g/mol. The molecule has 6 heteroatoms. The predicted molar refractivity (Wildman–Crippen MR) is 136 cm³/mol. The van der Waals surface area contributed by atoms with Crippen molar-refractivity contribution in [2.24, 2.45) is 0 Å². The first-order chi connectivity index (χ1) is 15.6. The Morgan fingerprint density at radius 1 is 0.758 bits per heavy atom. The molecule has 0 saturated carbocycles. The highest BCUT2D eigenvalue weighted by Gasteiger charge is 2.37. The summed E-state index contributed by atoms with van der Waals surface area (Å²) in [5, 5.41) is 0. The van der Waals surface area contributed by atoms with Crippen LogP contribution in [-0.4, -0.2) is 108 Å². The van der Waals surface area contributed by atoms with Crippen molar-refractivity contribution in [3.05, 3.63) is 0 Å². The minimum absolute atomic E-state index is 0.266. The van der Waals surface area contributed by atoms with E-state index >= 15 is 0 Å². The van der Waals surface area contributed by atoms with Crippen LogP contribution in [0.3, 0.4) is 0 Å². The maximum absolute atomic E-state index is 6.52. The van der Waals surface area contributed by atoms with Crippen molar-refractivity contribution >= 4 is 0 Å². The van der Waals surface area contributed by atoms with Gasteiger partial charge in [-0.25, -0.2) is 0 Å². The van der Waals surface area contributed by atoms with E-state index in [1.54, 1.807) is 0 Å². The van der Waals surface area contributed by atoms with Crippen LogP contribution in [-0.2, 0) is 14.2 Å². The second-order valence-corrected chi connectivity index (χ2v) is 11.6. The highest BCUT2D eigenvalue weighted by Crippen LogP contribution is 2.28. The normalized spacial score (nSPS) is 39.6. The molecule has 33 heavy (non-hydrogen) atoms. The van der Waals surface area contributed by atoms with Gasteiger partial charge in [-0.1, -0.05) is 0 Å². The molecule has 3 saturated heterocycles. The van der Waals surface area contributed by atoms with E-state index < -0.39 is 0 Å². The van der Waals surface area contributed by atoms with Crippen molar-refractivity contribution in [1.82, 2.24) is 14.7 Å². The molecule has 3 heterocycles. The van der Waals surface area contributed by atoms with E-state index in [4.69, 9.17) is 14.2 Å². The van der Waals surface area contributed by atoms with Gasteiger partial charge >= 0.3 is 0 Å². The Bertz CT molecular complexity index is 591. The highest BCUT2D eigenvalue weighted by molar-refractivity contribution is 4.90. The lowest BCUT2D eigenvalue weighted by Gasteiger charge is -2.48. The van der Waals surface area contributed by atoms with Gasteiger partial charge in [-0.2, -0.15) is 0 Å². The lowest BCUT2D eigenvalue weighted by Crippen LogP contribution is -2.58. The van der Waals surface area contributed by atoms with Gasteiger partial charge in [-0.05, 0) is 81.6 Å². The van der Waals surface area contributed by atoms with Gasteiger partial charge in [0.05, 0.1) is 37.6 Å². The lowest BCUT2D eigenvalue weighted by molar-refractivity contribution is -0.134. The van der Waals surface area contributed by atoms with E-state index in [2.05, 4.69) is 77.0 Å². The summed E-state index contributed by atoms with van der Waals surface area (Å²) in [6.07, 6.45) is 4.64. The summed E-state index contributed by atoms with van der Waals surface area (Å²) in [5.41, 5.74) is 0. The number of hydrogen-bond donors (Lipinski definition) is 0. The summed E-state index contributed by atoms with van der Waals surface area (Å²) in [6, 6.07) is 3.08. The predicted octanol–water partition coefficient (Wildman–Crippen LogP) is 4.02. The fourth-order valence-corrected chi connectivity index (χ4v) is 6.26. The van der Waals surface area contributed by atoms with E-state index in [0.29, 0.717) is 54.6 Å². The van der Waals surface area contributed by atoms with Crippen molar-refractivity contribution in [2.75, 3.05) is 32.8 Å². The zero-order chi connectivity index (χ0) is 24.3. The molecule has 0 aliphatic carbocycles. The van der Waals surface area contributed by atoms with E-state index in [1.807, 2.05) is 0 Å². The molecule has 0 aromatic heterocycles. The van der Waals surface area contributed by atoms with Gasteiger partial charge in [0.15, 0.2) is 0 Å². The molecular weight excluding hydrogens is 414 g/mol. The summed E-state index contributed by atoms with van der Waals surface area (Å²) in [7, 11) is 0. The Morgan fingerprint density at radius 3 is 2.12 bits per heavy atom. The fourth-order valence-electron chi connectivity index (χ4n) is 6.26. The van der Waals surface area contributed by atoms with Gasteiger partial charge in [0, 0.05) is 55.9 Å². The molecule has 3 fully saturated rings. The summed E-state index contributed by atoms with van der Waals surface area (Å²) in [4.78, 5) is 7.93. The second kappa shape index (κ2) is 12.1. The molecule has 0 spiro atoms. The summed E-state index contributed by atoms with van der Waals surface area (Å²) >= 11 is 0. The summed E-state index contributed by atoms with van der Waals surface area (Å²) in [6.45, 7) is 25.6. The van der Waals surface area contributed by atoms with E-state index in [0.717, 1.165) is 45.7 Å². The molecule has 194 valence electrons. The molecule has 3 rings (SSSR count). The van der Waals surface area contributed by atoms with Gasteiger partial charge in [-0.15, -0.1) is 0 Å². The second-order valence-electron chi connectivity index (χ2n) is 11.6. The van der Waals surface area contributed by atoms with Crippen LogP contribution in [0.25, 0.3) is 0 Å². The van der Waals surface area contributed by atoms with Crippen LogP contribution < -0.4 is 0 Å². The number of morpholine rings is 3. The molecule has 0 N–H and O–H groups in total.